The van der Waals surface area contributed by atoms with Crippen molar-refractivity contribution in [1.29, 1.82) is 0 Å². The minimum absolute atomic E-state index is 0.00689. The summed E-state index contributed by atoms with van der Waals surface area (Å²) in [5.41, 5.74) is 0.0396. The normalized spacial score (nSPS) is 14.9. The van der Waals surface area contributed by atoms with Gasteiger partial charge < -0.3 is 19.0 Å². The van der Waals surface area contributed by atoms with E-state index in [9.17, 15) is 9.59 Å². The Kier molecular flexibility index (Phi) is 12.9. The number of allylic oxidation sites excluding steroid dienone is 4. The van der Waals surface area contributed by atoms with Crippen LogP contribution in [0.15, 0.2) is 49.3 Å². The summed E-state index contributed by atoms with van der Waals surface area (Å²) in [6.07, 6.45) is 5.75. The Balaban J connectivity index is 2.21. The highest BCUT2D eigenvalue weighted by atomic mass is 33.1. The van der Waals surface area contributed by atoms with Crippen LogP contribution in [0.25, 0.3) is 0 Å². The van der Waals surface area contributed by atoms with Crippen molar-refractivity contribution < 1.29 is 28.6 Å². The number of amides is 1. The fraction of sp³-hybridized carbons (Fsp3) is 0.600. The number of carbonyl (C=O) groups excluding carboxylic acids is 2. The number of hydroxylamine groups is 2. The molecule has 0 N–H and O–H groups in total. The van der Waals surface area contributed by atoms with E-state index in [2.05, 4.69) is 33.6 Å². The average Bonchev–Trinajstić information content (AvgIpc) is 3.04. The van der Waals surface area contributed by atoms with Crippen molar-refractivity contribution in [2.45, 2.75) is 77.1 Å². The number of hydrogen-bond donors (Lipinski definition) is 0. The molecular weight excluding hydrogens is 474 g/mol. The van der Waals surface area contributed by atoms with Crippen molar-refractivity contribution in [1.82, 2.24) is 5.06 Å². The molecule has 34 heavy (non-hydrogen) atoms. The molecule has 1 rings (SSSR count). The number of hydrogen-bond acceptors (Lipinski definition) is 8. The molecule has 1 amide bonds. The fourth-order valence-electron chi connectivity index (χ4n) is 2.78. The summed E-state index contributed by atoms with van der Waals surface area (Å²) in [5, 5.41) is 1.02. The van der Waals surface area contributed by atoms with Gasteiger partial charge in [0.15, 0.2) is 0 Å². The van der Waals surface area contributed by atoms with Gasteiger partial charge in [0.25, 0.3) is 11.9 Å². The first kappa shape index (κ1) is 30.2. The van der Waals surface area contributed by atoms with E-state index in [0.29, 0.717) is 43.9 Å². The summed E-state index contributed by atoms with van der Waals surface area (Å²) in [4.78, 5) is 29.0. The van der Waals surface area contributed by atoms with Gasteiger partial charge in [-0.2, -0.15) is 0 Å². The molecule has 1 saturated heterocycles. The predicted octanol–water partition coefficient (Wildman–Crippen LogP) is 6.30. The largest absolute Gasteiger partial charge is 0.465 e. The van der Waals surface area contributed by atoms with E-state index in [-0.39, 0.29) is 23.0 Å². The molecule has 192 valence electrons. The molecule has 0 unspecified atom stereocenters. The third kappa shape index (κ3) is 12.6. The van der Waals surface area contributed by atoms with Crippen LogP contribution in [0, 0.1) is 0 Å². The standard InChI is InChI=1S/C25H39NO6S2/c1-9-10-20(3)31-21(4)29-17-18-33-34-25(7,8)15-16-30-24(5,6)14-13-23(28)32-26-19(2)11-12-22(26)27/h9-10H,1-2,4,11-18H2,3,5-8H3. The van der Waals surface area contributed by atoms with E-state index in [4.69, 9.17) is 19.0 Å². The highest BCUT2D eigenvalue weighted by molar-refractivity contribution is 8.77. The van der Waals surface area contributed by atoms with Crippen LogP contribution >= 0.6 is 21.6 Å². The van der Waals surface area contributed by atoms with E-state index in [0.717, 1.165) is 17.2 Å². The van der Waals surface area contributed by atoms with Crippen molar-refractivity contribution in [2.24, 2.45) is 0 Å². The quantitative estimate of drug-likeness (QED) is 0.0971. The zero-order valence-electron chi connectivity index (χ0n) is 21.1. The molecule has 1 heterocycles. The first-order chi connectivity index (χ1) is 15.8. The average molecular weight is 514 g/mol. The molecular formula is C25H39NO6S2. The number of nitrogens with zero attached hydrogens (tertiary/aromatic N) is 1. The molecule has 9 heteroatoms. The first-order valence-electron chi connectivity index (χ1n) is 11.3. The Morgan fingerprint density at radius 1 is 1.18 bits per heavy atom. The van der Waals surface area contributed by atoms with Crippen LogP contribution in [0.5, 0.6) is 0 Å². The second-order valence-corrected chi connectivity index (χ2v) is 12.2. The Morgan fingerprint density at radius 3 is 2.50 bits per heavy atom. The summed E-state index contributed by atoms with van der Waals surface area (Å²) in [7, 11) is 3.51. The van der Waals surface area contributed by atoms with Gasteiger partial charge in [-0.3, -0.25) is 4.79 Å². The third-order valence-corrected chi connectivity index (χ3v) is 8.12. The van der Waals surface area contributed by atoms with E-state index >= 15 is 0 Å². The Bertz CT molecular complexity index is 759. The summed E-state index contributed by atoms with van der Waals surface area (Å²) in [6, 6.07) is 0. The summed E-state index contributed by atoms with van der Waals surface area (Å²) in [5.74, 6) is 1.06. The second-order valence-electron chi connectivity index (χ2n) is 9.08. The minimum atomic E-state index is -0.481. The van der Waals surface area contributed by atoms with Crippen molar-refractivity contribution >= 4 is 33.5 Å². The Hall–Kier alpha value is -1.84. The van der Waals surface area contributed by atoms with Gasteiger partial charge >= 0.3 is 5.97 Å². The molecule has 0 atom stereocenters. The van der Waals surface area contributed by atoms with Crippen LogP contribution in [0.2, 0.25) is 0 Å². The summed E-state index contributed by atoms with van der Waals surface area (Å²) in [6.45, 7) is 22.2. The molecule has 0 aromatic carbocycles. The molecule has 0 bridgehead atoms. The zero-order chi connectivity index (χ0) is 25.8. The lowest BCUT2D eigenvalue weighted by Crippen LogP contribution is -2.31. The lowest BCUT2D eigenvalue weighted by atomic mass is 10.0. The predicted molar refractivity (Wildman–Crippen MR) is 139 cm³/mol. The minimum Gasteiger partial charge on any atom is -0.465 e. The SMILES string of the molecule is C=CC=C(C)OC(=C)OCCSSC(C)(C)CCOC(C)(C)CCC(=O)ON1C(=C)CCC1=O. The van der Waals surface area contributed by atoms with Crippen molar-refractivity contribution in [3.8, 4) is 0 Å². The van der Waals surface area contributed by atoms with E-state index in [1.54, 1.807) is 33.7 Å². The Morgan fingerprint density at radius 2 is 1.88 bits per heavy atom. The molecule has 0 spiro atoms. The molecule has 0 saturated carbocycles. The van der Waals surface area contributed by atoms with Gasteiger partial charge in [-0.15, -0.1) is 5.06 Å². The number of ether oxygens (including phenoxy) is 3. The van der Waals surface area contributed by atoms with Crippen LogP contribution in [-0.2, 0) is 28.6 Å². The maximum Gasteiger partial charge on any atom is 0.333 e. The molecule has 0 aromatic rings. The zero-order valence-corrected chi connectivity index (χ0v) is 22.8. The topological polar surface area (TPSA) is 74.3 Å². The maximum atomic E-state index is 12.1. The van der Waals surface area contributed by atoms with Crippen LogP contribution in [0.4, 0.5) is 0 Å². The molecule has 0 aliphatic carbocycles. The highest BCUT2D eigenvalue weighted by Crippen LogP contribution is 2.38. The van der Waals surface area contributed by atoms with E-state index < -0.39 is 11.6 Å². The summed E-state index contributed by atoms with van der Waals surface area (Å²) >= 11 is 0. The number of carbonyl (C=O) groups is 2. The molecule has 0 radical (unpaired) electrons. The third-order valence-electron chi connectivity index (χ3n) is 4.80. The molecule has 1 fully saturated rings. The van der Waals surface area contributed by atoms with Crippen LogP contribution < -0.4 is 0 Å². The highest BCUT2D eigenvalue weighted by Gasteiger charge is 2.29. The molecule has 0 aromatic heterocycles. The van der Waals surface area contributed by atoms with E-state index in [1.807, 2.05) is 20.8 Å². The molecule has 7 nitrogen and oxygen atoms in total. The maximum absolute atomic E-state index is 12.1. The van der Waals surface area contributed by atoms with Gasteiger partial charge in [-0.05, 0) is 66.5 Å². The van der Waals surface area contributed by atoms with Crippen molar-refractivity contribution in [3.05, 3.63) is 49.3 Å². The van der Waals surface area contributed by atoms with Gasteiger partial charge in [0, 0.05) is 23.5 Å². The summed E-state index contributed by atoms with van der Waals surface area (Å²) < 4.78 is 16.9. The van der Waals surface area contributed by atoms with E-state index in [1.165, 1.54) is 0 Å². The fourth-order valence-corrected chi connectivity index (χ4v) is 5.16. The molecule has 1 aliphatic rings. The Labute approximate surface area is 212 Å². The van der Waals surface area contributed by atoms with Crippen LogP contribution in [-0.4, -0.2) is 46.3 Å². The van der Waals surface area contributed by atoms with Crippen molar-refractivity contribution in [3.63, 3.8) is 0 Å². The van der Waals surface area contributed by atoms with Gasteiger partial charge in [0.1, 0.15) is 12.4 Å². The number of rotatable bonds is 17. The first-order valence-corrected chi connectivity index (χ1v) is 13.6. The monoisotopic (exact) mass is 513 g/mol. The van der Waals surface area contributed by atoms with Crippen LogP contribution in [0.1, 0.15) is 66.7 Å². The van der Waals surface area contributed by atoms with Gasteiger partial charge in [-0.1, -0.05) is 40.8 Å². The van der Waals surface area contributed by atoms with Gasteiger partial charge in [-0.25, -0.2) is 4.79 Å². The molecule has 1 aliphatic heterocycles. The lowest BCUT2D eigenvalue weighted by Gasteiger charge is -2.29. The van der Waals surface area contributed by atoms with Gasteiger partial charge in [0.05, 0.1) is 17.7 Å². The lowest BCUT2D eigenvalue weighted by molar-refractivity contribution is -0.187. The van der Waals surface area contributed by atoms with Gasteiger partial charge in [0.2, 0.25) is 0 Å². The van der Waals surface area contributed by atoms with Crippen LogP contribution in [0.3, 0.4) is 0 Å². The smallest absolute Gasteiger partial charge is 0.333 e. The second kappa shape index (κ2) is 14.5. The van der Waals surface area contributed by atoms with Crippen molar-refractivity contribution in [2.75, 3.05) is 19.0 Å².